The summed E-state index contributed by atoms with van der Waals surface area (Å²) in [6, 6.07) is 4.96. The maximum absolute atomic E-state index is 12.2. The predicted octanol–water partition coefficient (Wildman–Crippen LogP) is 3.36. The van der Waals surface area contributed by atoms with Crippen LogP contribution < -0.4 is 4.72 Å². The van der Waals surface area contributed by atoms with Crippen LogP contribution in [-0.2, 0) is 16.4 Å². The normalized spacial score (nSPS) is 13.3. The molecule has 2 aromatic heterocycles. The number of hydrogen-bond donors (Lipinski definition) is 1. The molecular formula is C12H12Cl2N2O2S2. The number of rotatable bonds is 5. The number of nitrogens with zero attached hydrogens (tertiary/aromatic N) is 1. The van der Waals surface area contributed by atoms with Gasteiger partial charge >= 0.3 is 0 Å². The number of halogens is 2. The number of thiophene rings is 1. The van der Waals surface area contributed by atoms with Crippen LogP contribution in [0.4, 0.5) is 0 Å². The lowest BCUT2D eigenvalue weighted by Crippen LogP contribution is -2.34. The lowest BCUT2D eigenvalue weighted by Gasteiger charge is -2.13. The summed E-state index contributed by atoms with van der Waals surface area (Å²) < 4.78 is 27.0. The monoisotopic (exact) mass is 350 g/mol. The summed E-state index contributed by atoms with van der Waals surface area (Å²) in [5.74, 6) is 0. The molecule has 0 spiro atoms. The van der Waals surface area contributed by atoms with Gasteiger partial charge in [0.15, 0.2) is 0 Å². The number of hydrogen-bond acceptors (Lipinski definition) is 4. The molecule has 1 unspecified atom stereocenters. The minimum absolute atomic E-state index is 0.00456. The van der Waals surface area contributed by atoms with Crippen LogP contribution in [0.15, 0.2) is 34.7 Å². The van der Waals surface area contributed by atoms with Gasteiger partial charge < -0.3 is 0 Å². The molecule has 0 radical (unpaired) electrons. The van der Waals surface area contributed by atoms with Crippen LogP contribution in [-0.4, -0.2) is 19.4 Å². The molecule has 0 aromatic carbocycles. The Morgan fingerprint density at radius 3 is 2.80 bits per heavy atom. The maximum atomic E-state index is 12.2. The van der Waals surface area contributed by atoms with E-state index in [2.05, 4.69) is 9.71 Å². The van der Waals surface area contributed by atoms with Gasteiger partial charge in [0.25, 0.3) is 0 Å². The van der Waals surface area contributed by atoms with Gasteiger partial charge in [-0.1, -0.05) is 29.3 Å². The number of pyridine rings is 1. The Morgan fingerprint density at radius 1 is 1.45 bits per heavy atom. The van der Waals surface area contributed by atoms with Gasteiger partial charge in [0, 0.05) is 17.1 Å². The summed E-state index contributed by atoms with van der Waals surface area (Å²) in [5.41, 5.74) is 0. The Bertz CT molecular complexity index is 687. The summed E-state index contributed by atoms with van der Waals surface area (Å²) in [4.78, 5) is 4.87. The zero-order valence-corrected chi connectivity index (χ0v) is 13.7. The second-order valence-corrected chi connectivity index (χ2v) is 7.76. The van der Waals surface area contributed by atoms with Gasteiger partial charge in [-0.3, -0.25) is 0 Å². The van der Waals surface area contributed by atoms with E-state index in [-0.39, 0.29) is 21.1 Å². The molecule has 0 bridgehead atoms. The van der Waals surface area contributed by atoms with Crippen molar-refractivity contribution in [3.63, 3.8) is 0 Å². The average molecular weight is 351 g/mol. The highest BCUT2D eigenvalue weighted by Crippen LogP contribution is 2.22. The van der Waals surface area contributed by atoms with Gasteiger partial charge in [-0.15, -0.1) is 11.3 Å². The topological polar surface area (TPSA) is 59.1 Å². The zero-order chi connectivity index (χ0) is 14.8. The number of nitrogens with one attached hydrogen (secondary N) is 1. The second-order valence-electron chi connectivity index (χ2n) is 4.25. The lowest BCUT2D eigenvalue weighted by atomic mass is 10.2. The lowest BCUT2D eigenvalue weighted by molar-refractivity contribution is 0.560. The highest BCUT2D eigenvalue weighted by Gasteiger charge is 2.19. The van der Waals surface area contributed by atoms with Gasteiger partial charge in [-0.25, -0.2) is 18.1 Å². The molecule has 8 heteroatoms. The fraction of sp³-hybridized carbons (Fsp3) is 0.250. The smallest absolute Gasteiger partial charge is 0.242 e. The quantitative estimate of drug-likeness (QED) is 0.841. The molecule has 108 valence electrons. The molecule has 2 aromatic rings. The van der Waals surface area contributed by atoms with E-state index >= 15 is 0 Å². The summed E-state index contributed by atoms with van der Waals surface area (Å²) in [6.07, 6.45) is 1.82. The fourth-order valence-electron chi connectivity index (χ4n) is 1.66. The summed E-state index contributed by atoms with van der Waals surface area (Å²) in [6.45, 7) is 1.81. The molecule has 0 saturated carbocycles. The van der Waals surface area contributed by atoms with Gasteiger partial charge in [0.05, 0.1) is 5.02 Å². The minimum atomic E-state index is -3.65. The van der Waals surface area contributed by atoms with Crippen molar-refractivity contribution in [3.8, 4) is 0 Å². The molecule has 2 heterocycles. The zero-order valence-electron chi connectivity index (χ0n) is 10.5. The first kappa shape index (κ1) is 15.7. The Labute approximate surface area is 131 Å². The van der Waals surface area contributed by atoms with E-state index in [9.17, 15) is 8.42 Å². The first-order valence-electron chi connectivity index (χ1n) is 5.74. The van der Waals surface area contributed by atoms with Gasteiger partial charge in [-0.2, -0.15) is 0 Å². The fourth-order valence-corrected chi connectivity index (χ4v) is 4.04. The Balaban J connectivity index is 2.12. The van der Waals surface area contributed by atoms with Crippen LogP contribution in [0.2, 0.25) is 10.2 Å². The molecule has 0 aliphatic rings. The predicted molar refractivity (Wildman–Crippen MR) is 82.1 cm³/mol. The highest BCUT2D eigenvalue weighted by molar-refractivity contribution is 7.89. The Hall–Kier alpha value is -0.660. The van der Waals surface area contributed by atoms with Crippen LogP contribution >= 0.6 is 34.5 Å². The van der Waals surface area contributed by atoms with Crippen LogP contribution in [0.3, 0.4) is 0 Å². The first-order chi connectivity index (χ1) is 9.38. The summed E-state index contributed by atoms with van der Waals surface area (Å²) in [7, 11) is -3.65. The standard InChI is InChI=1S/C12H12Cl2N2O2S2/c1-8(5-9-3-2-4-19-9)16-20(17,18)10-6-11(13)12(14)15-7-10/h2-4,6-8,16H,5H2,1H3. The van der Waals surface area contributed by atoms with Crippen LogP contribution in [0, 0.1) is 0 Å². The Morgan fingerprint density at radius 2 is 2.20 bits per heavy atom. The van der Waals surface area contributed by atoms with Crippen molar-refractivity contribution in [2.45, 2.75) is 24.3 Å². The van der Waals surface area contributed by atoms with E-state index < -0.39 is 10.0 Å². The molecule has 4 nitrogen and oxygen atoms in total. The van der Waals surface area contributed by atoms with Crippen molar-refractivity contribution >= 4 is 44.6 Å². The molecule has 0 aliphatic carbocycles. The van der Waals surface area contributed by atoms with Crippen molar-refractivity contribution < 1.29 is 8.42 Å². The third-order valence-corrected chi connectivity index (χ3v) is 5.67. The van der Waals surface area contributed by atoms with Crippen LogP contribution in [0.1, 0.15) is 11.8 Å². The summed E-state index contributed by atoms with van der Waals surface area (Å²) in [5, 5.41) is 2.15. The van der Waals surface area contributed by atoms with E-state index in [4.69, 9.17) is 23.2 Å². The first-order valence-corrected chi connectivity index (χ1v) is 8.86. The van der Waals surface area contributed by atoms with Crippen molar-refractivity contribution in [2.75, 3.05) is 0 Å². The molecule has 0 fully saturated rings. The third kappa shape index (κ3) is 3.93. The van der Waals surface area contributed by atoms with Crippen molar-refractivity contribution in [2.24, 2.45) is 0 Å². The van der Waals surface area contributed by atoms with Crippen molar-refractivity contribution in [1.29, 1.82) is 0 Å². The van der Waals surface area contributed by atoms with Crippen LogP contribution in [0.25, 0.3) is 0 Å². The average Bonchev–Trinajstić information content (AvgIpc) is 2.84. The van der Waals surface area contributed by atoms with E-state index in [1.54, 1.807) is 11.3 Å². The second kappa shape index (κ2) is 6.41. The van der Waals surface area contributed by atoms with Crippen LogP contribution in [0.5, 0.6) is 0 Å². The number of sulfonamides is 1. The molecule has 0 aliphatic heterocycles. The SMILES string of the molecule is CC(Cc1cccs1)NS(=O)(=O)c1cnc(Cl)c(Cl)c1. The van der Waals surface area contributed by atoms with Gasteiger partial charge in [0.1, 0.15) is 10.0 Å². The van der Waals surface area contributed by atoms with Gasteiger partial charge in [0.2, 0.25) is 10.0 Å². The molecule has 0 amide bonds. The van der Waals surface area contributed by atoms with Gasteiger partial charge in [-0.05, 0) is 30.9 Å². The molecule has 20 heavy (non-hydrogen) atoms. The molecule has 2 rings (SSSR count). The molecule has 1 atom stereocenters. The van der Waals surface area contributed by atoms with E-state index in [1.807, 2.05) is 24.4 Å². The Kier molecular flexibility index (Phi) is 5.04. The minimum Gasteiger partial charge on any atom is -0.242 e. The highest BCUT2D eigenvalue weighted by atomic mass is 35.5. The van der Waals surface area contributed by atoms with E-state index in [1.165, 1.54) is 12.3 Å². The summed E-state index contributed by atoms with van der Waals surface area (Å²) >= 11 is 13.1. The third-order valence-electron chi connectivity index (χ3n) is 2.53. The van der Waals surface area contributed by atoms with E-state index in [0.717, 1.165) is 4.88 Å². The molecule has 1 N–H and O–H groups in total. The molecular weight excluding hydrogens is 339 g/mol. The van der Waals surface area contributed by atoms with E-state index in [0.29, 0.717) is 6.42 Å². The number of aromatic nitrogens is 1. The van der Waals surface area contributed by atoms with Crippen molar-refractivity contribution in [3.05, 3.63) is 44.8 Å². The largest absolute Gasteiger partial charge is 0.242 e. The maximum Gasteiger partial charge on any atom is 0.242 e. The molecule has 0 saturated heterocycles. The van der Waals surface area contributed by atoms with Crippen molar-refractivity contribution in [1.82, 2.24) is 9.71 Å².